The summed E-state index contributed by atoms with van der Waals surface area (Å²) in [5, 5.41) is 12.5. The molecule has 4 aromatic carbocycles. The molecule has 0 radical (unpaired) electrons. The zero-order valence-corrected chi connectivity index (χ0v) is 19.7. The first-order chi connectivity index (χ1) is 16.9. The van der Waals surface area contributed by atoms with Crippen LogP contribution in [-0.2, 0) is 0 Å². The fraction of sp³-hybridized carbons (Fsp3) is 0.143. The summed E-state index contributed by atoms with van der Waals surface area (Å²) >= 11 is 6.36. The summed E-state index contributed by atoms with van der Waals surface area (Å²) < 4.78 is 5.97. The summed E-state index contributed by atoms with van der Waals surface area (Å²) in [6.45, 7) is 2.45. The van der Waals surface area contributed by atoms with Gasteiger partial charge < -0.3 is 20.2 Å². The van der Waals surface area contributed by atoms with Crippen molar-refractivity contribution in [2.45, 2.75) is 12.8 Å². The number of amides is 1. The molecule has 3 N–H and O–H groups in total. The van der Waals surface area contributed by atoms with E-state index in [9.17, 15) is 9.90 Å². The van der Waals surface area contributed by atoms with Gasteiger partial charge in [-0.15, -0.1) is 11.6 Å². The smallest absolute Gasteiger partial charge is 0.258 e. The van der Waals surface area contributed by atoms with E-state index in [1.165, 1.54) is 0 Å². The number of oxazole rings is 1. The molecule has 6 rings (SSSR count). The lowest BCUT2D eigenvalue weighted by atomic mass is 9.92. The number of hydrogen-bond acceptors (Lipinski definition) is 5. The SMILES string of the molecule is Cc1cccc2c(O)cc3c(c12)[C@H](CCl)CN3C(=O)c1ccc2nc(-c3ccc(N)cc3)oc2c1. The second-order valence-electron chi connectivity index (χ2n) is 8.92. The van der Waals surface area contributed by atoms with Crippen molar-refractivity contribution < 1.29 is 14.3 Å². The molecule has 0 unspecified atom stereocenters. The van der Waals surface area contributed by atoms with Crippen molar-refractivity contribution in [1.82, 2.24) is 4.98 Å². The molecule has 174 valence electrons. The van der Waals surface area contributed by atoms with Crippen molar-refractivity contribution in [3.05, 3.63) is 83.4 Å². The van der Waals surface area contributed by atoms with Crippen molar-refractivity contribution in [2.24, 2.45) is 0 Å². The van der Waals surface area contributed by atoms with Gasteiger partial charge in [-0.05, 0) is 65.9 Å². The summed E-state index contributed by atoms with van der Waals surface area (Å²) in [5.41, 5.74) is 11.6. The maximum absolute atomic E-state index is 13.7. The fourth-order valence-electron chi connectivity index (χ4n) is 4.98. The van der Waals surface area contributed by atoms with E-state index in [1.807, 2.05) is 37.3 Å². The van der Waals surface area contributed by atoms with Crippen LogP contribution in [0.4, 0.5) is 11.4 Å². The van der Waals surface area contributed by atoms with E-state index in [2.05, 4.69) is 4.98 Å². The number of phenolic OH excluding ortho intramolecular Hbond substituents is 1. The number of nitrogen functional groups attached to an aromatic ring is 1. The number of alkyl halides is 1. The number of hydrogen-bond donors (Lipinski definition) is 2. The molecule has 0 bridgehead atoms. The molecular weight excluding hydrogens is 462 g/mol. The average Bonchev–Trinajstić information content (AvgIpc) is 3.45. The molecule has 1 amide bonds. The Balaban J connectivity index is 1.42. The van der Waals surface area contributed by atoms with Crippen LogP contribution in [0.2, 0.25) is 0 Å². The first-order valence-corrected chi connectivity index (χ1v) is 11.9. The molecule has 6 nitrogen and oxygen atoms in total. The molecule has 1 aliphatic rings. The number of halogens is 1. The largest absolute Gasteiger partial charge is 0.507 e. The summed E-state index contributed by atoms with van der Waals surface area (Å²) in [5.74, 6) is 0.765. The van der Waals surface area contributed by atoms with Crippen LogP contribution in [0.15, 0.2) is 71.1 Å². The van der Waals surface area contributed by atoms with Gasteiger partial charge in [-0.2, -0.15) is 0 Å². The lowest BCUT2D eigenvalue weighted by Gasteiger charge is -2.19. The third-order valence-electron chi connectivity index (χ3n) is 6.69. The quantitative estimate of drug-likeness (QED) is 0.234. The van der Waals surface area contributed by atoms with Gasteiger partial charge in [-0.1, -0.05) is 18.2 Å². The van der Waals surface area contributed by atoms with Crippen LogP contribution in [-0.4, -0.2) is 28.4 Å². The van der Waals surface area contributed by atoms with E-state index >= 15 is 0 Å². The Kier molecular flexibility index (Phi) is 4.93. The number of anilines is 2. The van der Waals surface area contributed by atoms with Crippen LogP contribution in [0, 0.1) is 6.92 Å². The fourth-order valence-corrected chi connectivity index (χ4v) is 5.23. The van der Waals surface area contributed by atoms with E-state index < -0.39 is 0 Å². The van der Waals surface area contributed by atoms with Crippen LogP contribution in [0.3, 0.4) is 0 Å². The molecule has 0 aliphatic carbocycles. The summed E-state index contributed by atoms with van der Waals surface area (Å²) in [4.78, 5) is 19.9. The minimum absolute atomic E-state index is 0.0362. The maximum Gasteiger partial charge on any atom is 0.258 e. The molecular formula is C28H22ClN3O3. The highest BCUT2D eigenvalue weighted by atomic mass is 35.5. The lowest BCUT2D eigenvalue weighted by molar-refractivity contribution is 0.0988. The molecule has 0 spiro atoms. The topological polar surface area (TPSA) is 92.6 Å². The van der Waals surface area contributed by atoms with Gasteiger partial charge in [0, 0.05) is 46.6 Å². The molecule has 0 fully saturated rings. The van der Waals surface area contributed by atoms with Gasteiger partial charge in [0.25, 0.3) is 5.91 Å². The molecule has 1 atom stereocenters. The molecule has 1 aliphatic heterocycles. The van der Waals surface area contributed by atoms with E-state index in [-0.39, 0.29) is 17.6 Å². The molecule has 35 heavy (non-hydrogen) atoms. The number of carbonyl (C=O) groups is 1. The van der Waals surface area contributed by atoms with Gasteiger partial charge in [0.15, 0.2) is 5.58 Å². The zero-order chi connectivity index (χ0) is 24.3. The molecule has 5 aromatic rings. The maximum atomic E-state index is 13.7. The Morgan fingerprint density at radius 3 is 2.74 bits per heavy atom. The first kappa shape index (κ1) is 21.5. The van der Waals surface area contributed by atoms with E-state index in [1.54, 1.807) is 41.3 Å². The van der Waals surface area contributed by atoms with Crippen LogP contribution < -0.4 is 10.6 Å². The highest BCUT2D eigenvalue weighted by molar-refractivity contribution is 6.19. The Labute approximate surface area is 206 Å². The second kappa shape index (κ2) is 8.03. The highest BCUT2D eigenvalue weighted by Crippen LogP contribution is 2.46. The molecule has 2 heterocycles. The lowest BCUT2D eigenvalue weighted by Crippen LogP contribution is -2.30. The van der Waals surface area contributed by atoms with Crippen molar-refractivity contribution in [3.8, 4) is 17.2 Å². The van der Waals surface area contributed by atoms with Crippen molar-refractivity contribution >= 4 is 50.8 Å². The third-order valence-corrected chi connectivity index (χ3v) is 7.07. The standard InChI is InChI=1S/C28H22ClN3O3/c1-15-3-2-4-20-23(33)12-22-26(25(15)20)18(13-29)14-32(22)28(34)17-7-10-21-24(11-17)35-27(31-21)16-5-8-19(30)9-6-16/h2-12,18,33H,13-14,30H2,1H3/t18-/m1/s1. The van der Waals surface area contributed by atoms with Crippen molar-refractivity contribution in [1.29, 1.82) is 0 Å². The molecule has 0 saturated carbocycles. The number of carbonyl (C=O) groups excluding carboxylic acids is 1. The number of rotatable bonds is 3. The number of aromatic hydroxyl groups is 1. The Morgan fingerprint density at radius 2 is 1.97 bits per heavy atom. The van der Waals surface area contributed by atoms with Crippen molar-refractivity contribution in [3.63, 3.8) is 0 Å². The van der Waals surface area contributed by atoms with E-state index in [4.69, 9.17) is 21.8 Å². The summed E-state index contributed by atoms with van der Waals surface area (Å²) in [6, 6.07) is 20.0. The molecule has 7 heteroatoms. The van der Waals surface area contributed by atoms with Gasteiger partial charge in [0.2, 0.25) is 5.89 Å². The Hall–Kier alpha value is -4.03. The molecule has 1 aromatic heterocycles. The summed E-state index contributed by atoms with van der Waals surface area (Å²) in [7, 11) is 0. The number of benzene rings is 4. The van der Waals surface area contributed by atoms with Gasteiger partial charge >= 0.3 is 0 Å². The Morgan fingerprint density at radius 1 is 1.17 bits per heavy atom. The highest BCUT2D eigenvalue weighted by Gasteiger charge is 2.35. The second-order valence-corrected chi connectivity index (χ2v) is 9.23. The Bertz CT molecular complexity index is 1620. The summed E-state index contributed by atoms with van der Waals surface area (Å²) in [6.07, 6.45) is 0. The predicted molar refractivity (Wildman–Crippen MR) is 139 cm³/mol. The number of nitrogens with zero attached hydrogens (tertiary/aromatic N) is 2. The minimum atomic E-state index is -0.182. The number of nitrogens with two attached hydrogens (primary N) is 1. The van der Waals surface area contributed by atoms with Crippen LogP contribution in [0.5, 0.6) is 5.75 Å². The number of fused-ring (bicyclic) bond motifs is 4. The third kappa shape index (κ3) is 3.41. The van der Waals surface area contributed by atoms with Gasteiger partial charge in [-0.3, -0.25) is 4.79 Å². The van der Waals surface area contributed by atoms with Gasteiger partial charge in [0.1, 0.15) is 11.3 Å². The van der Waals surface area contributed by atoms with Crippen molar-refractivity contribution in [2.75, 3.05) is 23.1 Å². The number of aromatic nitrogens is 1. The van der Waals surface area contributed by atoms with Crippen LogP contribution >= 0.6 is 11.6 Å². The van der Waals surface area contributed by atoms with Gasteiger partial charge in [-0.25, -0.2) is 4.98 Å². The number of aryl methyl sites for hydroxylation is 1. The zero-order valence-electron chi connectivity index (χ0n) is 19.0. The van der Waals surface area contributed by atoms with Crippen LogP contribution in [0.25, 0.3) is 33.3 Å². The van der Waals surface area contributed by atoms with Crippen LogP contribution in [0.1, 0.15) is 27.4 Å². The first-order valence-electron chi connectivity index (χ1n) is 11.3. The van der Waals surface area contributed by atoms with Gasteiger partial charge in [0.05, 0.1) is 5.69 Å². The molecule has 0 saturated heterocycles. The predicted octanol–water partition coefficient (Wildman–Crippen LogP) is 6.23. The monoisotopic (exact) mass is 483 g/mol. The minimum Gasteiger partial charge on any atom is -0.507 e. The average molecular weight is 484 g/mol. The van der Waals surface area contributed by atoms with E-state index in [0.717, 1.165) is 27.5 Å². The number of phenols is 1. The normalized spacial score (nSPS) is 15.1. The van der Waals surface area contributed by atoms with E-state index in [0.29, 0.717) is 46.4 Å².